The number of ether oxygens (including phenoxy) is 1. The van der Waals surface area contributed by atoms with Crippen LogP contribution in [0.1, 0.15) is 18.7 Å². The summed E-state index contributed by atoms with van der Waals surface area (Å²) in [6.45, 7) is 2.30. The van der Waals surface area contributed by atoms with E-state index in [9.17, 15) is 10.2 Å². The third kappa shape index (κ3) is 3.02. The van der Waals surface area contributed by atoms with E-state index in [0.717, 1.165) is 5.56 Å². The minimum atomic E-state index is -1.05. The van der Waals surface area contributed by atoms with Crippen LogP contribution in [0.3, 0.4) is 0 Å². The largest absolute Gasteiger partial charge is 0.388 e. The van der Waals surface area contributed by atoms with Crippen molar-refractivity contribution in [1.29, 1.82) is 0 Å². The number of rotatable bonds is 4. The lowest BCUT2D eigenvalue weighted by atomic mass is 10.0. The molecule has 2 aromatic heterocycles. The first-order valence-corrected chi connectivity index (χ1v) is 9.53. The summed E-state index contributed by atoms with van der Waals surface area (Å²) < 4.78 is 7.33. The Bertz CT molecular complexity index is 1170. The van der Waals surface area contributed by atoms with Crippen molar-refractivity contribution in [2.24, 2.45) is 0 Å². The number of anilines is 1. The van der Waals surface area contributed by atoms with Crippen LogP contribution in [0.2, 0.25) is 0 Å². The molecule has 1 saturated heterocycles. The Morgan fingerprint density at radius 2 is 1.86 bits per heavy atom. The van der Waals surface area contributed by atoms with Crippen LogP contribution >= 0.6 is 0 Å². The number of aliphatic hydroxyl groups excluding tert-OH is 2. The van der Waals surface area contributed by atoms with Gasteiger partial charge in [-0.2, -0.15) is 0 Å². The van der Waals surface area contributed by atoms with Crippen molar-refractivity contribution >= 4 is 27.8 Å². The summed E-state index contributed by atoms with van der Waals surface area (Å²) in [5.41, 5.74) is 2.27. The first kappa shape index (κ1) is 18.0. The Kier molecular flexibility index (Phi) is 4.39. The smallest absolute Gasteiger partial charge is 0.167 e. The maximum absolute atomic E-state index is 10.3. The van der Waals surface area contributed by atoms with Crippen molar-refractivity contribution in [3.05, 3.63) is 60.7 Å². The van der Waals surface area contributed by atoms with Gasteiger partial charge in [-0.05, 0) is 23.3 Å². The van der Waals surface area contributed by atoms with Crippen molar-refractivity contribution < 1.29 is 14.9 Å². The van der Waals surface area contributed by atoms with Crippen molar-refractivity contribution in [2.45, 2.75) is 38.0 Å². The lowest BCUT2D eigenvalue weighted by molar-refractivity contribution is -0.0299. The summed E-state index contributed by atoms with van der Waals surface area (Å²) in [6, 6.07) is 14.4. The van der Waals surface area contributed by atoms with Gasteiger partial charge in [0.05, 0.1) is 12.4 Å². The highest BCUT2D eigenvalue weighted by atomic mass is 16.6. The van der Waals surface area contributed by atoms with Gasteiger partial charge >= 0.3 is 0 Å². The van der Waals surface area contributed by atoms with E-state index in [0.29, 0.717) is 23.5 Å². The fraction of sp³-hybridized carbons (Fsp3) is 0.286. The maximum atomic E-state index is 10.3. The van der Waals surface area contributed by atoms with Crippen LogP contribution in [0.25, 0.3) is 21.9 Å². The van der Waals surface area contributed by atoms with Crippen molar-refractivity contribution in [3.8, 4) is 0 Å². The van der Waals surface area contributed by atoms with Crippen LogP contribution in [0.4, 0.5) is 5.82 Å². The van der Waals surface area contributed by atoms with Crippen LogP contribution in [0.15, 0.2) is 55.1 Å². The van der Waals surface area contributed by atoms with Crippen molar-refractivity contribution in [3.63, 3.8) is 0 Å². The predicted octanol–water partition coefficient (Wildman–Crippen LogP) is 2.23. The van der Waals surface area contributed by atoms with E-state index in [-0.39, 0.29) is 0 Å². The summed E-state index contributed by atoms with van der Waals surface area (Å²) in [5, 5.41) is 26.0. The molecule has 3 heterocycles. The number of benzene rings is 2. The summed E-state index contributed by atoms with van der Waals surface area (Å²) in [7, 11) is 0. The molecule has 1 aliphatic heterocycles. The SMILES string of the molecule is C[C@H]1O[C@@H](n2cnc3c(NCc4cccc5ccccc45)ncnc32)[C@H](O)[C@@H]1O. The molecule has 148 valence electrons. The molecule has 1 aliphatic rings. The Morgan fingerprint density at radius 1 is 1.03 bits per heavy atom. The summed E-state index contributed by atoms with van der Waals surface area (Å²) >= 11 is 0. The number of aromatic nitrogens is 4. The van der Waals surface area contributed by atoms with E-state index in [1.54, 1.807) is 17.8 Å². The summed E-state index contributed by atoms with van der Waals surface area (Å²) in [4.78, 5) is 13.1. The number of fused-ring (bicyclic) bond motifs is 2. The van der Waals surface area contributed by atoms with Crippen molar-refractivity contribution in [2.75, 3.05) is 5.32 Å². The molecule has 4 atom stereocenters. The van der Waals surface area contributed by atoms with E-state index in [1.165, 1.54) is 17.1 Å². The minimum absolute atomic E-state index is 0.474. The number of hydrogen-bond acceptors (Lipinski definition) is 7. The topological polar surface area (TPSA) is 105 Å². The molecule has 5 rings (SSSR count). The van der Waals surface area contributed by atoms with Gasteiger partial charge in [0, 0.05) is 6.54 Å². The standard InChI is InChI=1S/C21H21N5O3/c1-12-17(27)18(28)21(29-12)26-11-25-16-19(23-10-24-20(16)26)22-9-14-7-4-6-13-5-2-3-8-15(13)14/h2-8,10-12,17-18,21,27-28H,9H2,1H3,(H,22,23,24)/t12-,17-,18-,21-/m1/s1. The quantitative estimate of drug-likeness (QED) is 0.490. The van der Waals surface area contributed by atoms with Crippen LogP contribution in [-0.4, -0.2) is 48.0 Å². The van der Waals surface area contributed by atoms with Crippen molar-refractivity contribution in [1.82, 2.24) is 19.5 Å². The molecule has 0 unspecified atom stereocenters. The van der Waals surface area contributed by atoms with E-state index < -0.39 is 24.5 Å². The van der Waals surface area contributed by atoms with Gasteiger partial charge in [0.1, 0.15) is 18.5 Å². The van der Waals surface area contributed by atoms with E-state index in [4.69, 9.17) is 4.74 Å². The fourth-order valence-electron chi connectivity index (χ4n) is 3.85. The Balaban J connectivity index is 1.45. The van der Waals surface area contributed by atoms with E-state index >= 15 is 0 Å². The van der Waals surface area contributed by atoms with Gasteiger partial charge in [-0.25, -0.2) is 15.0 Å². The second-order valence-electron chi connectivity index (χ2n) is 7.25. The van der Waals surface area contributed by atoms with E-state index in [2.05, 4.69) is 44.5 Å². The average molecular weight is 391 g/mol. The number of nitrogens with one attached hydrogen (secondary N) is 1. The van der Waals surface area contributed by atoms with Crippen LogP contribution in [-0.2, 0) is 11.3 Å². The van der Waals surface area contributed by atoms with Gasteiger partial charge < -0.3 is 20.3 Å². The fourth-order valence-corrected chi connectivity index (χ4v) is 3.85. The average Bonchev–Trinajstić information content (AvgIpc) is 3.29. The Labute approximate surface area is 166 Å². The molecule has 0 bridgehead atoms. The molecular weight excluding hydrogens is 370 g/mol. The first-order valence-electron chi connectivity index (χ1n) is 9.53. The zero-order valence-electron chi connectivity index (χ0n) is 15.8. The highest BCUT2D eigenvalue weighted by Crippen LogP contribution is 2.32. The molecule has 0 spiro atoms. The third-order valence-electron chi connectivity index (χ3n) is 5.44. The molecule has 8 nitrogen and oxygen atoms in total. The molecular formula is C21H21N5O3. The van der Waals surface area contributed by atoms with Crippen LogP contribution < -0.4 is 5.32 Å². The van der Waals surface area contributed by atoms with Gasteiger partial charge in [-0.15, -0.1) is 0 Å². The molecule has 29 heavy (non-hydrogen) atoms. The molecule has 8 heteroatoms. The van der Waals surface area contributed by atoms with Gasteiger partial charge in [0.2, 0.25) is 0 Å². The molecule has 2 aromatic carbocycles. The second-order valence-corrected chi connectivity index (χ2v) is 7.25. The number of imidazole rings is 1. The lowest BCUT2D eigenvalue weighted by Gasteiger charge is -2.16. The highest BCUT2D eigenvalue weighted by molar-refractivity contribution is 5.86. The summed E-state index contributed by atoms with van der Waals surface area (Å²) in [5.74, 6) is 0.600. The Morgan fingerprint density at radius 3 is 2.69 bits per heavy atom. The molecule has 0 saturated carbocycles. The van der Waals surface area contributed by atoms with Crippen LogP contribution in [0.5, 0.6) is 0 Å². The number of aliphatic hydroxyl groups is 2. The maximum Gasteiger partial charge on any atom is 0.167 e. The monoisotopic (exact) mass is 391 g/mol. The highest BCUT2D eigenvalue weighted by Gasteiger charge is 2.42. The summed E-state index contributed by atoms with van der Waals surface area (Å²) in [6.07, 6.45) is -0.217. The first-order chi connectivity index (χ1) is 14.1. The minimum Gasteiger partial charge on any atom is -0.388 e. The molecule has 1 fully saturated rings. The van der Waals surface area contributed by atoms with Gasteiger partial charge in [-0.3, -0.25) is 4.57 Å². The lowest BCUT2D eigenvalue weighted by Crippen LogP contribution is -2.30. The predicted molar refractivity (Wildman–Crippen MR) is 108 cm³/mol. The van der Waals surface area contributed by atoms with Gasteiger partial charge in [0.15, 0.2) is 23.2 Å². The third-order valence-corrected chi connectivity index (χ3v) is 5.44. The van der Waals surface area contributed by atoms with Crippen LogP contribution in [0, 0.1) is 0 Å². The zero-order valence-corrected chi connectivity index (χ0v) is 15.8. The molecule has 3 N–H and O–H groups in total. The number of nitrogens with zero attached hydrogens (tertiary/aromatic N) is 4. The molecule has 0 radical (unpaired) electrons. The van der Waals surface area contributed by atoms with E-state index in [1.807, 2.05) is 18.2 Å². The second kappa shape index (κ2) is 7.07. The molecule has 0 aliphatic carbocycles. The van der Waals surface area contributed by atoms with Gasteiger partial charge in [0.25, 0.3) is 0 Å². The zero-order chi connectivity index (χ0) is 20.0. The molecule has 4 aromatic rings. The Hall–Kier alpha value is -3.07. The normalized spacial score (nSPS) is 24.4. The number of hydrogen-bond donors (Lipinski definition) is 3. The van der Waals surface area contributed by atoms with Gasteiger partial charge in [-0.1, -0.05) is 42.5 Å². The molecule has 0 amide bonds.